The molecular weight excluding hydrogens is 344 g/mol. The second-order valence-electron chi connectivity index (χ2n) is 6.22. The Hall–Kier alpha value is -3.87. The maximum Gasteiger partial charge on any atom is 0.158 e. The summed E-state index contributed by atoms with van der Waals surface area (Å²) >= 11 is 0. The molecule has 5 N–H and O–H groups in total. The lowest BCUT2D eigenvalue weighted by Gasteiger charge is -2.12. The van der Waals surface area contributed by atoms with E-state index in [-0.39, 0.29) is 17.2 Å². The van der Waals surface area contributed by atoms with E-state index >= 15 is 0 Å². The van der Waals surface area contributed by atoms with E-state index in [1.54, 1.807) is 31.3 Å². The van der Waals surface area contributed by atoms with E-state index in [2.05, 4.69) is 15.0 Å². The van der Waals surface area contributed by atoms with Gasteiger partial charge in [-0.05, 0) is 36.8 Å². The average molecular weight is 360 g/mol. The maximum atomic E-state index is 10.1. The van der Waals surface area contributed by atoms with E-state index in [0.717, 1.165) is 5.56 Å². The summed E-state index contributed by atoms with van der Waals surface area (Å²) in [6.07, 6.45) is 3.06. The van der Waals surface area contributed by atoms with Gasteiger partial charge >= 0.3 is 0 Å². The van der Waals surface area contributed by atoms with Crippen LogP contribution in [0.15, 0.2) is 48.8 Å². The summed E-state index contributed by atoms with van der Waals surface area (Å²) in [4.78, 5) is 13.3. The molecule has 4 rings (SSSR count). The minimum atomic E-state index is -0.269. The topological polar surface area (TPSA) is 125 Å². The van der Waals surface area contributed by atoms with Crippen LogP contribution in [0.25, 0.3) is 33.5 Å². The molecule has 4 aromatic rings. The van der Waals surface area contributed by atoms with Crippen LogP contribution >= 0.6 is 0 Å². The zero-order valence-electron chi connectivity index (χ0n) is 14.4. The van der Waals surface area contributed by atoms with Gasteiger partial charge in [-0.25, -0.2) is 9.97 Å². The fraction of sp³-hybridized carbons (Fsp3) is 0.0500. The monoisotopic (exact) mass is 360 g/mol. The summed E-state index contributed by atoms with van der Waals surface area (Å²) in [6.45, 7) is 1.80. The van der Waals surface area contributed by atoms with Gasteiger partial charge < -0.3 is 21.1 Å². The number of pyridine rings is 1. The minimum absolute atomic E-state index is 0.139. The molecule has 27 heavy (non-hydrogen) atoms. The van der Waals surface area contributed by atoms with Gasteiger partial charge in [0.05, 0.1) is 29.5 Å². The van der Waals surface area contributed by atoms with Crippen molar-refractivity contribution in [1.29, 1.82) is 0 Å². The van der Waals surface area contributed by atoms with E-state index in [1.807, 2.05) is 6.07 Å². The van der Waals surface area contributed by atoms with Crippen molar-refractivity contribution in [1.82, 2.24) is 15.0 Å². The number of nitrogen functional groups attached to an aromatic ring is 1. The summed E-state index contributed by atoms with van der Waals surface area (Å²) < 4.78 is 0. The molecule has 0 aliphatic rings. The molecular formula is C20H16N4O3. The van der Waals surface area contributed by atoms with Crippen molar-refractivity contribution in [3.05, 3.63) is 54.4 Å². The number of nitrogens with two attached hydrogens (primary N) is 1. The molecule has 0 atom stereocenters. The number of hydrogen-bond donors (Lipinski definition) is 4. The highest BCUT2D eigenvalue weighted by molar-refractivity contribution is 5.91. The van der Waals surface area contributed by atoms with Crippen LogP contribution in [0.2, 0.25) is 0 Å². The van der Waals surface area contributed by atoms with E-state index < -0.39 is 0 Å². The zero-order valence-corrected chi connectivity index (χ0v) is 14.4. The SMILES string of the molecule is Cc1ccc(-c2nc3cncc(N)c3nc2-c2ccc(O)c(O)c2)cc1O. The van der Waals surface area contributed by atoms with Crippen LogP contribution in [0.4, 0.5) is 5.69 Å². The summed E-state index contributed by atoms with van der Waals surface area (Å²) in [5.74, 6) is -0.361. The summed E-state index contributed by atoms with van der Waals surface area (Å²) in [5, 5.41) is 29.6. The Labute approximate surface area is 154 Å². The Balaban J connectivity index is 2.05. The molecule has 2 aromatic heterocycles. The number of rotatable bonds is 2. The van der Waals surface area contributed by atoms with Gasteiger partial charge in [0.25, 0.3) is 0 Å². The molecule has 0 spiro atoms. The molecule has 2 heterocycles. The van der Waals surface area contributed by atoms with Gasteiger partial charge in [-0.15, -0.1) is 0 Å². The lowest BCUT2D eigenvalue weighted by molar-refractivity contribution is 0.404. The van der Waals surface area contributed by atoms with Crippen molar-refractivity contribution in [3.63, 3.8) is 0 Å². The fourth-order valence-electron chi connectivity index (χ4n) is 2.83. The van der Waals surface area contributed by atoms with Crippen molar-refractivity contribution >= 4 is 16.7 Å². The highest BCUT2D eigenvalue weighted by atomic mass is 16.3. The Kier molecular flexibility index (Phi) is 3.77. The van der Waals surface area contributed by atoms with Crippen LogP contribution in [0.3, 0.4) is 0 Å². The van der Waals surface area contributed by atoms with Crippen LogP contribution in [-0.4, -0.2) is 30.3 Å². The Morgan fingerprint density at radius 1 is 0.778 bits per heavy atom. The van der Waals surface area contributed by atoms with Crippen LogP contribution in [-0.2, 0) is 0 Å². The Morgan fingerprint density at radius 3 is 2.15 bits per heavy atom. The summed E-state index contributed by atoms with van der Waals surface area (Å²) in [6, 6.07) is 9.62. The fourth-order valence-corrected chi connectivity index (χ4v) is 2.83. The van der Waals surface area contributed by atoms with Crippen molar-refractivity contribution in [2.45, 2.75) is 6.92 Å². The molecule has 0 fully saturated rings. The molecule has 7 nitrogen and oxygen atoms in total. The lowest BCUT2D eigenvalue weighted by atomic mass is 10.0. The predicted molar refractivity (Wildman–Crippen MR) is 102 cm³/mol. The normalized spacial score (nSPS) is 11.0. The number of phenols is 3. The van der Waals surface area contributed by atoms with Gasteiger partial charge in [0, 0.05) is 11.1 Å². The first-order valence-corrected chi connectivity index (χ1v) is 8.17. The summed E-state index contributed by atoms with van der Waals surface area (Å²) in [5.41, 5.74) is 10.3. The number of nitrogens with zero attached hydrogens (tertiary/aromatic N) is 3. The number of anilines is 1. The molecule has 134 valence electrons. The van der Waals surface area contributed by atoms with Crippen molar-refractivity contribution in [2.24, 2.45) is 0 Å². The number of phenolic OH excluding ortho intramolecular Hbond substituents is 3. The Morgan fingerprint density at radius 2 is 1.44 bits per heavy atom. The van der Waals surface area contributed by atoms with Crippen molar-refractivity contribution < 1.29 is 15.3 Å². The van der Waals surface area contributed by atoms with Gasteiger partial charge in [-0.2, -0.15) is 0 Å². The summed E-state index contributed by atoms with van der Waals surface area (Å²) in [7, 11) is 0. The first-order chi connectivity index (χ1) is 12.9. The smallest absolute Gasteiger partial charge is 0.158 e. The number of aryl methyl sites for hydroxylation is 1. The third-order valence-corrected chi connectivity index (χ3v) is 4.34. The molecule has 0 aliphatic heterocycles. The van der Waals surface area contributed by atoms with Gasteiger partial charge in [-0.3, -0.25) is 4.98 Å². The Bertz CT molecular complexity index is 1190. The van der Waals surface area contributed by atoms with Gasteiger partial charge in [0.2, 0.25) is 0 Å². The highest BCUT2D eigenvalue weighted by Crippen LogP contribution is 2.37. The molecule has 0 unspecified atom stereocenters. The maximum absolute atomic E-state index is 10.1. The molecule has 0 bridgehead atoms. The first-order valence-electron chi connectivity index (χ1n) is 8.17. The number of fused-ring (bicyclic) bond motifs is 1. The quantitative estimate of drug-likeness (QED) is 0.404. The van der Waals surface area contributed by atoms with E-state index in [1.165, 1.54) is 18.3 Å². The first kappa shape index (κ1) is 16.6. The van der Waals surface area contributed by atoms with Crippen LogP contribution in [0, 0.1) is 6.92 Å². The van der Waals surface area contributed by atoms with E-state index in [9.17, 15) is 15.3 Å². The second kappa shape index (κ2) is 6.14. The number of aromatic hydroxyl groups is 3. The zero-order chi connectivity index (χ0) is 19.1. The number of hydrogen-bond acceptors (Lipinski definition) is 7. The predicted octanol–water partition coefficient (Wildman–Crippen LogP) is 3.37. The van der Waals surface area contributed by atoms with Crippen LogP contribution in [0.1, 0.15) is 5.56 Å². The third-order valence-electron chi connectivity index (χ3n) is 4.34. The lowest BCUT2D eigenvalue weighted by Crippen LogP contribution is -1.99. The van der Waals surface area contributed by atoms with E-state index in [4.69, 9.17) is 5.73 Å². The number of aromatic nitrogens is 3. The molecule has 0 saturated heterocycles. The average Bonchev–Trinajstić information content (AvgIpc) is 2.66. The molecule has 0 radical (unpaired) electrons. The molecule has 0 aliphatic carbocycles. The van der Waals surface area contributed by atoms with E-state index in [0.29, 0.717) is 39.2 Å². The standard InChI is InChI=1S/C20H16N4O3/c1-10-2-3-11(6-16(10)26)18-19(12-4-5-15(25)17(27)7-12)24-20-13(21)8-22-9-14(20)23-18/h2-9,25-27H,21H2,1H3. The van der Waals surface area contributed by atoms with Crippen molar-refractivity contribution in [3.8, 4) is 39.8 Å². The molecule has 7 heteroatoms. The molecule has 2 aromatic carbocycles. The van der Waals surface area contributed by atoms with Gasteiger partial charge in [0.15, 0.2) is 11.5 Å². The van der Waals surface area contributed by atoms with Crippen molar-refractivity contribution in [2.75, 3.05) is 5.73 Å². The highest BCUT2D eigenvalue weighted by Gasteiger charge is 2.16. The second-order valence-corrected chi connectivity index (χ2v) is 6.22. The van der Waals surface area contributed by atoms with Gasteiger partial charge in [0.1, 0.15) is 16.8 Å². The molecule has 0 saturated carbocycles. The number of benzene rings is 2. The molecule has 0 amide bonds. The largest absolute Gasteiger partial charge is 0.508 e. The minimum Gasteiger partial charge on any atom is -0.508 e. The van der Waals surface area contributed by atoms with Crippen LogP contribution in [0.5, 0.6) is 17.2 Å². The third kappa shape index (κ3) is 2.85. The van der Waals surface area contributed by atoms with Gasteiger partial charge in [-0.1, -0.05) is 12.1 Å². The van der Waals surface area contributed by atoms with Crippen LogP contribution < -0.4 is 5.73 Å².